The van der Waals surface area contributed by atoms with Gasteiger partial charge < -0.3 is 10.6 Å². The van der Waals surface area contributed by atoms with E-state index in [4.69, 9.17) is 10.7 Å². The summed E-state index contributed by atoms with van der Waals surface area (Å²) in [6.07, 6.45) is 3.07. The highest BCUT2D eigenvalue weighted by Gasteiger charge is 2.22. The molecule has 4 heteroatoms. The largest absolute Gasteiger partial charge is 0.330 e. The molecule has 1 atom stereocenters. The van der Waals surface area contributed by atoms with Crippen LogP contribution in [0, 0.1) is 6.92 Å². The second-order valence-corrected chi connectivity index (χ2v) is 4.99. The van der Waals surface area contributed by atoms with Gasteiger partial charge in [0.25, 0.3) is 0 Å². The predicted octanol–water partition coefficient (Wildman–Crippen LogP) is 1.10. The maximum Gasteiger partial charge on any atom is 0.128 e. The summed E-state index contributed by atoms with van der Waals surface area (Å²) in [7, 11) is 2.17. The van der Waals surface area contributed by atoms with Gasteiger partial charge in [-0.05, 0) is 46.0 Å². The van der Waals surface area contributed by atoms with Crippen LogP contribution < -0.4 is 5.73 Å². The predicted molar refractivity (Wildman–Crippen MR) is 69.0 cm³/mol. The quantitative estimate of drug-likeness (QED) is 0.847. The van der Waals surface area contributed by atoms with E-state index in [1.807, 2.05) is 0 Å². The summed E-state index contributed by atoms with van der Waals surface area (Å²) in [6, 6.07) is 2.13. The first kappa shape index (κ1) is 12.5. The van der Waals surface area contributed by atoms with Gasteiger partial charge in [0.1, 0.15) is 5.82 Å². The third kappa shape index (κ3) is 3.23. The summed E-state index contributed by atoms with van der Waals surface area (Å²) in [5, 5.41) is 0. The fourth-order valence-corrected chi connectivity index (χ4v) is 2.41. The monoisotopic (exact) mass is 234 g/mol. The van der Waals surface area contributed by atoms with Crippen LogP contribution in [0.4, 0.5) is 0 Å². The number of hydrogen-bond donors (Lipinski definition) is 1. The number of likely N-dealkylation sites (N-methyl/N-ethyl adjacent to an activating group) is 1. The van der Waals surface area contributed by atoms with Gasteiger partial charge in [0.15, 0.2) is 0 Å². The van der Waals surface area contributed by atoms with E-state index in [1.165, 1.54) is 18.7 Å². The van der Waals surface area contributed by atoms with Gasteiger partial charge in [-0.2, -0.15) is 0 Å². The molecule has 17 heavy (non-hydrogen) atoms. The Morgan fingerprint density at radius 2 is 2.29 bits per heavy atom. The van der Waals surface area contributed by atoms with Crippen molar-refractivity contribution in [2.45, 2.75) is 32.1 Å². The Hall–Kier alpha value is -1.00. The first-order valence-electron chi connectivity index (χ1n) is 6.42. The topological polar surface area (TPSA) is 55.0 Å². The molecule has 2 N–H and O–H groups in total. The van der Waals surface area contributed by atoms with E-state index in [0.717, 1.165) is 30.9 Å². The Labute approximate surface area is 103 Å². The minimum atomic E-state index is 0.582. The van der Waals surface area contributed by atoms with Crippen molar-refractivity contribution in [3.05, 3.63) is 23.3 Å². The van der Waals surface area contributed by atoms with Crippen LogP contribution in [0.1, 0.15) is 36.0 Å². The van der Waals surface area contributed by atoms with Crippen LogP contribution in [0.3, 0.4) is 0 Å². The van der Waals surface area contributed by atoms with Crippen LogP contribution in [0.5, 0.6) is 0 Å². The standard InChI is InChI=1S/C13H22N4/c1-10-8-12(11-5-7-17(2)9-11)16-13(15-10)4-3-6-14/h8,11H,3-7,9,14H2,1-2H3. The summed E-state index contributed by atoms with van der Waals surface area (Å²) < 4.78 is 0. The minimum absolute atomic E-state index is 0.582. The van der Waals surface area contributed by atoms with Gasteiger partial charge in [0, 0.05) is 30.3 Å². The van der Waals surface area contributed by atoms with Gasteiger partial charge in [-0.3, -0.25) is 0 Å². The smallest absolute Gasteiger partial charge is 0.128 e. The number of nitrogens with zero attached hydrogens (tertiary/aromatic N) is 3. The van der Waals surface area contributed by atoms with Gasteiger partial charge >= 0.3 is 0 Å². The van der Waals surface area contributed by atoms with Crippen molar-refractivity contribution >= 4 is 0 Å². The van der Waals surface area contributed by atoms with Gasteiger partial charge in [-0.15, -0.1) is 0 Å². The van der Waals surface area contributed by atoms with E-state index in [2.05, 4.69) is 29.9 Å². The zero-order chi connectivity index (χ0) is 12.3. The van der Waals surface area contributed by atoms with Gasteiger partial charge in [-0.1, -0.05) is 0 Å². The molecule has 0 bridgehead atoms. The number of nitrogens with two attached hydrogens (primary N) is 1. The lowest BCUT2D eigenvalue weighted by molar-refractivity contribution is 0.410. The van der Waals surface area contributed by atoms with Crippen molar-refractivity contribution in [1.82, 2.24) is 14.9 Å². The summed E-state index contributed by atoms with van der Waals surface area (Å²) in [5.74, 6) is 1.54. The molecule has 1 aliphatic heterocycles. The molecule has 1 saturated heterocycles. The number of hydrogen-bond acceptors (Lipinski definition) is 4. The van der Waals surface area contributed by atoms with E-state index < -0.39 is 0 Å². The molecule has 1 aromatic heterocycles. The molecular formula is C13H22N4. The molecule has 1 aliphatic rings. The SMILES string of the molecule is Cc1cc(C2CCN(C)C2)nc(CCCN)n1. The number of aromatic nitrogens is 2. The summed E-state index contributed by atoms with van der Waals surface area (Å²) in [4.78, 5) is 11.5. The first-order chi connectivity index (χ1) is 8.19. The number of rotatable bonds is 4. The molecule has 0 amide bonds. The van der Waals surface area contributed by atoms with Crippen LogP contribution >= 0.6 is 0 Å². The van der Waals surface area contributed by atoms with Crippen LogP contribution in [0.15, 0.2) is 6.07 Å². The first-order valence-corrected chi connectivity index (χ1v) is 6.42. The summed E-state index contributed by atoms with van der Waals surface area (Å²) in [5.41, 5.74) is 7.83. The normalized spacial score (nSPS) is 21.0. The fraction of sp³-hybridized carbons (Fsp3) is 0.692. The highest BCUT2D eigenvalue weighted by molar-refractivity contribution is 5.16. The van der Waals surface area contributed by atoms with Crippen LogP contribution in [-0.4, -0.2) is 41.5 Å². The highest BCUT2D eigenvalue weighted by Crippen LogP contribution is 2.25. The van der Waals surface area contributed by atoms with Crippen molar-refractivity contribution in [3.8, 4) is 0 Å². The number of aryl methyl sites for hydroxylation is 2. The molecule has 0 aliphatic carbocycles. The lowest BCUT2D eigenvalue weighted by Crippen LogP contribution is -2.14. The third-order valence-electron chi connectivity index (χ3n) is 3.33. The minimum Gasteiger partial charge on any atom is -0.330 e. The summed E-state index contributed by atoms with van der Waals surface area (Å²) in [6.45, 7) is 5.05. The van der Waals surface area contributed by atoms with E-state index >= 15 is 0 Å². The van der Waals surface area contributed by atoms with Gasteiger partial charge in [-0.25, -0.2) is 9.97 Å². The maximum absolute atomic E-state index is 5.53. The lowest BCUT2D eigenvalue weighted by atomic mass is 10.0. The van der Waals surface area contributed by atoms with Crippen molar-refractivity contribution < 1.29 is 0 Å². The van der Waals surface area contributed by atoms with Gasteiger partial charge in [0.05, 0.1) is 0 Å². The Morgan fingerprint density at radius 1 is 1.47 bits per heavy atom. The van der Waals surface area contributed by atoms with Crippen LogP contribution in [0.25, 0.3) is 0 Å². The average molecular weight is 234 g/mol. The van der Waals surface area contributed by atoms with E-state index in [9.17, 15) is 0 Å². The summed E-state index contributed by atoms with van der Waals surface area (Å²) >= 11 is 0. The fourth-order valence-electron chi connectivity index (χ4n) is 2.41. The van der Waals surface area contributed by atoms with Gasteiger partial charge in [0.2, 0.25) is 0 Å². The Kier molecular flexibility index (Phi) is 4.07. The maximum atomic E-state index is 5.53. The molecule has 0 spiro atoms. The zero-order valence-electron chi connectivity index (χ0n) is 10.8. The van der Waals surface area contributed by atoms with E-state index in [1.54, 1.807) is 0 Å². The van der Waals surface area contributed by atoms with E-state index in [-0.39, 0.29) is 0 Å². The molecule has 1 aromatic rings. The van der Waals surface area contributed by atoms with Crippen molar-refractivity contribution in [1.29, 1.82) is 0 Å². The highest BCUT2D eigenvalue weighted by atomic mass is 15.1. The molecule has 2 rings (SSSR count). The Morgan fingerprint density at radius 3 is 2.94 bits per heavy atom. The molecular weight excluding hydrogens is 212 g/mol. The molecule has 2 heterocycles. The molecule has 4 nitrogen and oxygen atoms in total. The third-order valence-corrected chi connectivity index (χ3v) is 3.33. The van der Waals surface area contributed by atoms with Crippen molar-refractivity contribution in [3.63, 3.8) is 0 Å². The molecule has 1 fully saturated rings. The molecule has 94 valence electrons. The van der Waals surface area contributed by atoms with E-state index in [0.29, 0.717) is 12.5 Å². The Bertz CT molecular complexity index is 378. The van der Waals surface area contributed by atoms with Crippen LogP contribution in [-0.2, 0) is 6.42 Å². The molecule has 0 aromatic carbocycles. The molecule has 0 radical (unpaired) electrons. The zero-order valence-corrected chi connectivity index (χ0v) is 10.8. The Balaban J connectivity index is 2.13. The molecule has 0 saturated carbocycles. The second-order valence-electron chi connectivity index (χ2n) is 4.99. The van der Waals surface area contributed by atoms with Crippen molar-refractivity contribution in [2.24, 2.45) is 5.73 Å². The van der Waals surface area contributed by atoms with Crippen molar-refractivity contribution in [2.75, 3.05) is 26.7 Å². The molecule has 1 unspecified atom stereocenters. The second kappa shape index (κ2) is 5.56. The van der Waals surface area contributed by atoms with Crippen LogP contribution in [0.2, 0.25) is 0 Å². The number of likely N-dealkylation sites (tertiary alicyclic amines) is 1. The average Bonchev–Trinajstić information content (AvgIpc) is 2.72. The lowest BCUT2D eigenvalue weighted by Gasteiger charge is -2.12.